The van der Waals surface area contributed by atoms with Crippen molar-refractivity contribution in [1.82, 2.24) is 0 Å². The molecule has 11 heavy (non-hydrogen) atoms. The number of esters is 1. The molecule has 2 nitrogen and oxygen atoms in total. The maximum absolute atomic E-state index is 11.2. The topological polar surface area (TPSA) is 26.3 Å². The highest BCUT2D eigenvalue weighted by molar-refractivity contribution is 5.76. The van der Waals surface area contributed by atoms with Gasteiger partial charge < -0.3 is 4.74 Å². The molecule has 0 saturated heterocycles. The first-order valence-electron chi connectivity index (χ1n) is 4.19. The summed E-state index contributed by atoms with van der Waals surface area (Å²) in [5, 5.41) is 0. The van der Waals surface area contributed by atoms with E-state index in [1.165, 1.54) is 7.11 Å². The molecule has 1 atom stereocenters. The van der Waals surface area contributed by atoms with Crippen LogP contribution in [0.25, 0.3) is 0 Å². The van der Waals surface area contributed by atoms with Crippen LogP contribution in [0.5, 0.6) is 0 Å². The van der Waals surface area contributed by atoms with E-state index < -0.39 is 0 Å². The third kappa shape index (κ3) is 2.52. The van der Waals surface area contributed by atoms with Gasteiger partial charge in [-0.25, -0.2) is 0 Å². The number of hydrogen-bond donors (Lipinski definition) is 0. The second kappa shape index (κ2) is 4.37. The zero-order valence-electron chi connectivity index (χ0n) is 7.94. The van der Waals surface area contributed by atoms with Gasteiger partial charge >= 0.3 is 5.97 Å². The predicted molar refractivity (Wildman–Crippen MR) is 45.3 cm³/mol. The van der Waals surface area contributed by atoms with Crippen molar-refractivity contribution in [1.29, 1.82) is 0 Å². The van der Waals surface area contributed by atoms with E-state index in [4.69, 9.17) is 4.74 Å². The first kappa shape index (κ1) is 10.5. The largest absolute Gasteiger partial charge is 0.469 e. The molecule has 0 aromatic carbocycles. The Balaban J connectivity index is 4.19. The lowest BCUT2D eigenvalue weighted by atomic mass is 9.83. The monoisotopic (exact) mass is 158 g/mol. The molecule has 0 aliphatic heterocycles. The van der Waals surface area contributed by atoms with E-state index in [1.807, 2.05) is 13.8 Å². The second-order valence-corrected chi connectivity index (χ2v) is 3.16. The third-order valence-corrected chi connectivity index (χ3v) is 2.26. The van der Waals surface area contributed by atoms with Crippen molar-refractivity contribution in [2.75, 3.05) is 7.11 Å². The second-order valence-electron chi connectivity index (χ2n) is 3.16. The SMILES string of the molecule is CCC[C@@](C)(CC)C(=O)OC. The van der Waals surface area contributed by atoms with Gasteiger partial charge in [-0.05, 0) is 19.8 Å². The van der Waals surface area contributed by atoms with Gasteiger partial charge in [0.15, 0.2) is 0 Å². The molecule has 0 saturated carbocycles. The molecule has 0 N–H and O–H groups in total. The van der Waals surface area contributed by atoms with Crippen LogP contribution in [0.1, 0.15) is 40.0 Å². The van der Waals surface area contributed by atoms with Crippen LogP contribution in [0.3, 0.4) is 0 Å². The molecule has 66 valence electrons. The van der Waals surface area contributed by atoms with Gasteiger partial charge in [0, 0.05) is 0 Å². The standard InChI is InChI=1S/C9H18O2/c1-5-7-9(3,6-2)8(10)11-4/h5-7H2,1-4H3/t9-/m1/s1. The molecule has 0 rings (SSSR count). The highest BCUT2D eigenvalue weighted by atomic mass is 16.5. The first-order chi connectivity index (χ1) is 5.10. The summed E-state index contributed by atoms with van der Waals surface area (Å²) in [5.74, 6) is -0.0816. The van der Waals surface area contributed by atoms with Crippen LogP contribution in [0, 0.1) is 5.41 Å². The van der Waals surface area contributed by atoms with Crippen LogP contribution in [0.15, 0.2) is 0 Å². The van der Waals surface area contributed by atoms with Crippen LogP contribution in [0.4, 0.5) is 0 Å². The molecular weight excluding hydrogens is 140 g/mol. The van der Waals surface area contributed by atoms with E-state index in [9.17, 15) is 4.79 Å². The Labute approximate surface area is 68.9 Å². The Morgan fingerprint density at radius 1 is 1.45 bits per heavy atom. The summed E-state index contributed by atoms with van der Waals surface area (Å²) in [5.41, 5.74) is -0.260. The molecule has 0 aliphatic rings. The number of hydrogen-bond acceptors (Lipinski definition) is 2. The van der Waals surface area contributed by atoms with E-state index in [-0.39, 0.29) is 11.4 Å². The maximum atomic E-state index is 11.2. The molecular formula is C9H18O2. The van der Waals surface area contributed by atoms with Crippen molar-refractivity contribution < 1.29 is 9.53 Å². The molecule has 0 radical (unpaired) electrons. The molecule has 0 heterocycles. The molecule has 2 heteroatoms. The molecule has 0 bridgehead atoms. The van der Waals surface area contributed by atoms with E-state index >= 15 is 0 Å². The van der Waals surface area contributed by atoms with Crippen molar-refractivity contribution in [3.05, 3.63) is 0 Å². The summed E-state index contributed by atoms with van der Waals surface area (Å²) >= 11 is 0. The molecule has 0 amide bonds. The van der Waals surface area contributed by atoms with Crippen LogP contribution in [-0.2, 0) is 9.53 Å². The number of methoxy groups -OCH3 is 1. The zero-order valence-corrected chi connectivity index (χ0v) is 7.94. The van der Waals surface area contributed by atoms with Crippen LogP contribution in [-0.4, -0.2) is 13.1 Å². The normalized spacial score (nSPS) is 15.6. The maximum Gasteiger partial charge on any atom is 0.311 e. The van der Waals surface area contributed by atoms with Gasteiger partial charge in [-0.1, -0.05) is 20.3 Å². The van der Waals surface area contributed by atoms with Crippen molar-refractivity contribution in [3.63, 3.8) is 0 Å². The summed E-state index contributed by atoms with van der Waals surface area (Å²) < 4.78 is 4.72. The molecule has 0 fully saturated rings. The number of carbonyl (C=O) groups excluding carboxylic acids is 1. The van der Waals surface area contributed by atoms with Crippen LogP contribution in [0.2, 0.25) is 0 Å². The fraction of sp³-hybridized carbons (Fsp3) is 0.889. The third-order valence-electron chi connectivity index (χ3n) is 2.26. The van der Waals surface area contributed by atoms with Gasteiger partial charge in [-0.2, -0.15) is 0 Å². The Morgan fingerprint density at radius 3 is 2.27 bits per heavy atom. The summed E-state index contributed by atoms with van der Waals surface area (Å²) in [7, 11) is 1.45. The van der Waals surface area contributed by atoms with E-state index in [0.717, 1.165) is 19.3 Å². The predicted octanol–water partition coefficient (Wildman–Crippen LogP) is 2.38. The molecule has 0 unspecified atom stereocenters. The summed E-state index contributed by atoms with van der Waals surface area (Å²) in [6.45, 7) is 6.06. The minimum absolute atomic E-state index is 0.0816. The molecule has 0 aliphatic carbocycles. The first-order valence-corrected chi connectivity index (χ1v) is 4.19. The Kier molecular flexibility index (Phi) is 4.16. The Bertz CT molecular complexity index is 132. The van der Waals surface area contributed by atoms with Crippen LogP contribution >= 0.6 is 0 Å². The highest BCUT2D eigenvalue weighted by Gasteiger charge is 2.30. The molecule has 0 aromatic heterocycles. The lowest BCUT2D eigenvalue weighted by molar-refractivity contribution is -0.152. The quantitative estimate of drug-likeness (QED) is 0.587. The van der Waals surface area contributed by atoms with E-state index in [2.05, 4.69) is 6.92 Å². The highest BCUT2D eigenvalue weighted by Crippen LogP contribution is 2.28. The summed E-state index contributed by atoms with van der Waals surface area (Å²) in [6, 6.07) is 0. The van der Waals surface area contributed by atoms with Crippen LogP contribution < -0.4 is 0 Å². The van der Waals surface area contributed by atoms with Gasteiger partial charge in [-0.3, -0.25) is 4.79 Å². The smallest absolute Gasteiger partial charge is 0.311 e. The number of ether oxygens (including phenoxy) is 1. The lowest BCUT2D eigenvalue weighted by Crippen LogP contribution is -2.28. The average molecular weight is 158 g/mol. The van der Waals surface area contributed by atoms with Gasteiger partial charge in [0.25, 0.3) is 0 Å². The summed E-state index contributed by atoms with van der Waals surface area (Å²) in [4.78, 5) is 11.2. The van der Waals surface area contributed by atoms with Gasteiger partial charge in [0.05, 0.1) is 12.5 Å². The van der Waals surface area contributed by atoms with E-state index in [1.54, 1.807) is 0 Å². The van der Waals surface area contributed by atoms with Crippen molar-refractivity contribution in [2.45, 2.75) is 40.0 Å². The minimum atomic E-state index is -0.260. The fourth-order valence-corrected chi connectivity index (χ4v) is 1.22. The van der Waals surface area contributed by atoms with Gasteiger partial charge in [0.1, 0.15) is 0 Å². The minimum Gasteiger partial charge on any atom is -0.469 e. The van der Waals surface area contributed by atoms with Gasteiger partial charge in [0.2, 0.25) is 0 Å². The fourth-order valence-electron chi connectivity index (χ4n) is 1.22. The van der Waals surface area contributed by atoms with E-state index in [0.29, 0.717) is 0 Å². The van der Waals surface area contributed by atoms with Crippen molar-refractivity contribution in [3.8, 4) is 0 Å². The van der Waals surface area contributed by atoms with Crippen molar-refractivity contribution >= 4 is 5.97 Å². The summed E-state index contributed by atoms with van der Waals surface area (Å²) in [6.07, 6.45) is 2.79. The lowest BCUT2D eigenvalue weighted by Gasteiger charge is -2.23. The zero-order chi connectivity index (χ0) is 8.91. The Morgan fingerprint density at radius 2 is 2.00 bits per heavy atom. The number of rotatable bonds is 4. The number of carbonyl (C=O) groups is 1. The Hall–Kier alpha value is -0.530. The molecule has 0 aromatic rings. The van der Waals surface area contributed by atoms with Gasteiger partial charge in [-0.15, -0.1) is 0 Å². The molecule has 0 spiro atoms. The van der Waals surface area contributed by atoms with Crippen molar-refractivity contribution in [2.24, 2.45) is 5.41 Å². The average Bonchev–Trinajstić information content (AvgIpc) is 2.03.